The molecule has 1 heterocycles. The summed E-state index contributed by atoms with van der Waals surface area (Å²) in [5.41, 5.74) is 5.61. The Morgan fingerprint density at radius 1 is 1.32 bits per heavy atom. The number of rotatable bonds is 4. The third kappa shape index (κ3) is 3.57. The van der Waals surface area contributed by atoms with E-state index in [0.29, 0.717) is 13.1 Å². The van der Waals surface area contributed by atoms with Crippen molar-refractivity contribution < 1.29 is 4.79 Å². The van der Waals surface area contributed by atoms with Crippen molar-refractivity contribution in [3.05, 3.63) is 21.9 Å². The lowest BCUT2D eigenvalue weighted by atomic mass is 9.79. The van der Waals surface area contributed by atoms with Crippen LogP contribution in [0.25, 0.3) is 0 Å². The van der Waals surface area contributed by atoms with Crippen molar-refractivity contribution in [3.8, 4) is 0 Å². The molecule has 1 fully saturated rings. The van der Waals surface area contributed by atoms with Gasteiger partial charge in [0.05, 0.1) is 12.0 Å². The second kappa shape index (κ2) is 6.53. The molecule has 0 radical (unpaired) electrons. The highest BCUT2D eigenvalue weighted by Gasteiger charge is 2.36. The van der Waals surface area contributed by atoms with Gasteiger partial charge in [-0.3, -0.25) is 4.79 Å². The van der Waals surface area contributed by atoms with Gasteiger partial charge in [0.2, 0.25) is 5.91 Å². The number of thiophene rings is 1. The fraction of sp³-hybridized carbons (Fsp3) is 0.667. The van der Waals surface area contributed by atoms with E-state index >= 15 is 0 Å². The number of aryl methyl sites for hydroxylation is 1. The van der Waals surface area contributed by atoms with E-state index in [2.05, 4.69) is 24.4 Å². The summed E-state index contributed by atoms with van der Waals surface area (Å²) >= 11 is 1.74. The van der Waals surface area contributed by atoms with E-state index in [1.165, 1.54) is 22.6 Å². The van der Waals surface area contributed by atoms with Crippen LogP contribution >= 0.6 is 11.3 Å². The van der Waals surface area contributed by atoms with E-state index < -0.39 is 0 Å². The molecule has 1 aliphatic rings. The maximum absolute atomic E-state index is 12.5. The van der Waals surface area contributed by atoms with Gasteiger partial charge in [0.15, 0.2) is 0 Å². The van der Waals surface area contributed by atoms with Crippen LogP contribution < -0.4 is 11.1 Å². The van der Waals surface area contributed by atoms with Crippen LogP contribution in [0.15, 0.2) is 12.1 Å². The fourth-order valence-corrected chi connectivity index (χ4v) is 3.69. The van der Waals surface area contributed by atoms with Crippen LogP contribution in [0.4, 0.5) is 0 Å². The van der Waals surface area contributed by atoms with E-state index in [-0.39, 0.29) is 11.3 Å². The van der Waals surface area contributed by atoms with Crippen molar-refractivity contribution >= 4 is 17.2 Å². The molecule has 0 aliphatic heterocycles. The van der Waals surface area contributed by atoms with Gasteiger partial charge in [-0.2, -0.15) is 0 Å². The zero-order chi connectivity index (χ0) is 13.7. The number of nitrogens with one attached hydrogen (secondary N) is 1. The molecule has 3 nitrogen and oxygen atoms in total. The normalized spacial score (nSPS) is 18.8. The highest BCUT2D eigenvalue weighted by Crippen LogP contribution is 2.34. The summed E-state index contributed by atoms with van der Waals surface area (Å²) in [7, 11) is 0. The maximum atomic E-state index is 12.5. The molecule has 0 saturated heterocycles. The first-order valence-corrected chi connectivity index (χ1v) is 8.02. The first kappa shape index (κ1) is 14.5. The average Bonchev–Trinajstić information content (AvgIpc) is 2.69. The monoisotopic (exact) mass is 280 g/mol. The molecular formula is C15H24N2OS. The highest BCUT2D eigenvalue weighted by atomic mass is 32.1. The standard InChI is InChI=1S/C15H24N2OS/c1-12-6-7-13(19-12)10-17-14(18)15(11-16)8-4-2-3-5-9-15/h6-7H,2-5,8-11,16H2,1H3,(H,17,18). The summed E-state index contributed by atoms with van der Waals surface area (Å²) in [6.45, 7) is 3.20. The van der Waals surface area contributed by atoms with Crippen molar-refractivity contribution in [2.45, 2.75) is 52.0 Å². The predicted octanol–water partition coefficient (Wildman–Crippen LogP) is 2.97. The Morgan fingerprint density at radius 2 is 2.00 bits per heavy atom. The van der Waals surface area contributed by atoms with Gasteiger partial charge >= 0.3 is 0 Å². The predicted molar refractivity (Wildman–Crippen MR) is 80.1 cm³/mol. The summed E-state index contributed by atoms with van der Waals surface area (Å²) in [6, 6.07) is 4.18. The van der Waals surface area contributed by atoms with Crippen LogP contribution in [0.1, 0.15) is 48.3 Å². The van der Waals surface area contributed by atoms with E-state index in [1.54, 1.807) is 11.3 Å². The van der Waals surface area contributed by atoms with Gasteiger partial charge in [-0.05, 0) is 31.9 Å². The van der Waals surface area contributed by atoms with Crippen molar-refractivity contribution in [1.29, 1.82) is 0 Å². The molecule has 2 rings (SSSR count). The Morgan fingerprint density at radius 3 is 2.53 bits per heavy atom. The molecule has 0 aromatic carbocycles. The number of carbonyl (C=O) groups excluding carboxylic acids is 1. The number of amides is 1. The molecule has 0 bridgehead atoms. The van der Waals surface area contributed by atoms with Gasteiger partial charge in [0, 0.05) is 16.3 Å². The maximum Gasteiger partial charge on any atom is 0.227 e. The number of hydrogen-bond donors (Lipinski definition) is 2. The largest absolute Gasteiger partial charge is 0.351 e. The van der Waals surface area contributed by atoms with Gasteiger partial charge in [0.25, 0.3) is 0 Å². The molecule has 106 valence electrons. The van der Waals surface area contributed by atoms with Crippen molar-refractivity contribution in [3.63, 3.8) is 0 Å². The van der Waals surface area contributed by atoms with Crippen LogP contribution in [0.2, 0.25) is 0 Å². The second-order valence-corrected chi connectivity index (χ2v) is 6.97. The summed E-state index contributed by atoms with van der Waals surface area (Å²) in [4.78, 5) is 15.0. The number of nitrogens with two attached hydrogens (primary N) is 1. The highest BCUT2D eigenvalue weighted by molar-refractivity contribution is 7.11. The minimum Gasteiger partial charge on any atom is -0.351 e. The third-order valence-corrected chi connectivity index (χ3v) is 5.15. The molecule has 1 aliphatic carbocycles. The molecular weight excluding hydrogens is 256 g/mol. The van der Waals surface area contributed by atoms with Crippen molar-refractivity contribution in [2.75, 3.05) is 6.54 Å². The molecule has 1 amide bonds. The zero-order valence-corrected chi connectivity index (χ0v) is 12.5. The minimum atomic E-state index is -0.317. The van der Waals surface area contributed by atoms with Gasteiger partial charge in [0.1, 0.15) is 0 Å². The first-order chi connectivity index (χ1) is 9.16. The van der Waals surface area contributed by atoms with Crippen LogP contribution in [-0.2, 0) is 11.3 Å². The van der Waals surface area contributed by atoms with E-state index in [1.807, 2.05) is 0 Å². The average molecular weight is 280 g/mol. The van der Waals surface area contributed by atoms with E-state index in [4.69, 9.17) is 5.73 Å². The number of hydrogen-bond acceptors (Lipinski definition) is 3. The Hall–Kier alpha value is -0.870. The summed E-state index contributed by atoms with van der Waals surface area (Å²) < 4.78 is 0. The van der Waals surface area contributed by atoms with Crippen molar-refractivity contribution in [1.82, 2.24) is 5.32 Å². The van der Waals surface area contributed by atoms with Crippen LogP contribution in [0.3, 0.4) is 0 Å². The molecule has 0 atom stereocenters. The second-order valence-electron chi connectivity index (χ2n) is 5.59. The third-order valence-electron chi connectivity index (χ3n) is 4.15. The summed E-state index contributed by atoms with van der Waals surface area (Å²) in [5.74, 6) is 0.156. The lowest BCUT2D eigenvalue weighted by Crippen LogP contribution is -2.45. The van der Waals surface area contributed by atoms with Gasteiger partial charge in [-0.25, -0.2) is 0 Å². The lowest BCUT2D eigenvalue weighted by Gasteiger charge is -2.29. The number of carbonyl (C=O) groups is 1. The van der Waals surface area contributed by atoms with Gasteiger partial charge in [-0.15, -0.1) is 11.3 Å². The summed E-state index contributed by atoms with van der Waals surface area (Å²) in [5, 5.41) is 3.09. The molecule has 3 N–H and O–H groups in total. The Bertz CT molecular complexity index is 420. The molecule has 0 spiro atoms. The van der Waals surface area contributed by atoms with Crippen molar-refractivity contribution in [2.24, 2.45) is 11.1 Å². The Balaban J connectivity index is 1.96. The van der Waals surface area contributed by atoms with Gasteiger partial charge in [-0.1, -0.05) is 25.7 Å². The summed E-state index contributed by atoms with van der Waals surface area (Å²) in [6.07, 6.45) is 6.61. The SMILES string of the molecule is Cc1ccc(CNC(=O)C2(CN)CCCCCC2)s1. The van der Waals surface area contributed by atoms with Crippen LogP contribution in [-0.4, -0.2) is 12.5 Å². The lowest BCUT2D eigenvalue weighted by molar-refractivity contribution is -0.131. The minimum absolute atomic E-state index is 0.156. The fourth-order valence-electron chi connectivity index (χ4n) is 2.86. The van der Waals surface area contributed by atoms with E-state index in [9.17, 15) is 4.79 Å². The van der Waals surface area contributed by atoms with Crippen LogP contribution in [0.5, 0.6) is 0 Å². The molecule has 0 unspecified atom stereocenters. The van der Waals surface area contributed by atoms with Crippen LogP contribution in [0, 0.1) is 12.3 Å². The zero-order valence-electron chi connectivity index (χ0n) is 11.7. The molecule has 4 heteroatoms. The molecule has 1 saturated carbocycles. The Labute approximate surface area is 119 Å². The molecule has 1 aromatic heterocycles. The first-order valence-electron chi connectivity index (χ1n) is 7.20. The molecule has 19 heavy (non-hydrogen) atoms. The topological polar surface area (TPSA) is 55.1 Å². The van der Waals surface area contributed by atoms with E-state index in [0.717, 1.165) is 25.7 Å². The Kier molecular flexibility index (Phi) is 4.99. The smallest absolute Gasteiger partial charge is 0.227 e. The van der Waals surface area contributed by atoms with Gasteiger partial charge < -0.3 is 11.1 Å². The molecule has 1 aromatic rings. The quantitative estimate of drug-likeness (QED) is 0.833.